The first-order chi connectivity index (χ1) is 16.6. The number of ether oxygens (including phenoxy) is 4. The Morgan fingerprint density at radius 3 is 1.89 bits per heavy atom. The molecule has 0 bridgehead atoms. The number of hydrogen-bond acceptors (Lipinski definition) is 9. The van der Waals surface area contributed by atoms with Crippen molar-refractivity contribution in [1.29, 1.82) is 0 Å². The van der Waals surface area contributed by atoms with Gasteiger partial charge in [-0.1, -0.05) is 0 Å². The lowest BCUT2D eigenvalue weighted by Gasteiger charge is -2.28. The van der Waals surface area contributed by atoms with Gasteiger partial charge in [0, 0.05) is 17.1 Å². The molecular weight excluding hydrogens is 470 g/mol. The van der Waals surface area contributed by atoms with Gasteiger partial charge in [0.1, 0.15) is 11.7 Å². The standard InChI is InChI=1S/C23H26F2N2O8/c1-5-32-20(29)17-12(3)26-13(4)18(21(30)33-6-2)19(17)22(31)34-11-16(28)27-14-7-9-15(10-8-14)35-23(24)25/h7-10,19,23,26H,5-6,11H2,1-4H3,(H,27,28). The largest absolute Gasteiger partial charge is 0.463 e. The summed E-state index contributed by atoms with van der Waals surface area (Å²) in [7, 11) is 0. The highest BCUT2D eigenvalue weighted by Crippen LogP contribution is 2.32. The Morgan fingerprint density at radius 2 is 1.43 bits per heavy atom. The molecule has 0 fully saturated rings. The second kappa shape index (κ2) is 12.5. The first-order valence-electron chi connectivity index (χ1n) is 10.6. The van der Waals surface area contributed by atoms with E-state index < -0.39 is 43.0 Å². The quantitative estimate of drug-likeness (QED) is 0.371. The summed E-state index contributed by atoms with van der Waals surface area (Å²) in [5.41, 5.74) is 0.527. The molecular formula is C23H26F2N2O8. The first-order valence-corrected chi connectivity index (χ1v) is 10.6. The third kappa shape index (κ3) is 7.26. The summed E-state index contributed by atoms with van der Waals surface area (Å²) < 4.78 is 43.9. The highest BCUT2D eigenvalue weighted by atomic mass is 19.3. The number of carbonyl (C=O) groups is 4. The molecule has 1 aliphatic rings. The molecule has 1 aliphatic heterocycles. The molecule has 2 rings (SSSR count). The summed E-state index contributed by atoms with van der Waals surface area (Å²) in [6.45, 7) is 2.55. The van der Waals surface area contributed by atoms with E-state index in [-0.39, 0.29) is 47.2 Å². The van der Waals surface area contributed by atoms with E-state index in [1.54, 1.807) is 13.8 Å². The maximum absolute atomic E-state index is 13.0. The zero-order chi connectivity index (χ0) is 26.1. The van der Waals surface area contributed by atoms with E-state index in [1.807, 2.05) is 0 Å². The number of dihydropyridines is 1. The molecule has 10 nitrogen and oxygen atoms in total. The third-order valence-corrected chi connectivity index (χ3v) is 4.70. The average molecular weight is 496 g/mol. The van der Waals surface area contributed by atoms with E-state index in [1.165, 1.54) is 38.1 Å². The molecule has 0 aliphatic carbocycles. The lowest BCUT2D eigenvalue weighted by molar-refractivity contribution is -0.153. The number of allylic oxidation sites excluding steroid dienone is 2. The molecule has 1 amide bonds. The highest BCUT2D eigenvalue weighted by Gasteiger charge is 2.42. The van der Waals surface area contributed by atoms with Crippen LogP contribution in [0.25, 0.3) is 0 Å². The maximum atomic E-state index is 13.0. The van der Waals surface area contributed by atoms with Gasteiger partial charge < -0.3 is 29.6 Å². The van der Waals surface area contributed by atoms with Gasteiger partial charge in [0.15, 0.2) is 6.61 Å². The van der Waals surface area contributed by atoms with Crippen molar-refractivity contribution in [2.45, 2.75) is 34.3 Å². The molecule has 0 radical (unpaired) electrons. The van der Waals surface area contributed by atoms with E-state index in [9.17, 15) is 28.0 Å². The smallest absolute Gasteiger partial charge is 0.387 e. The van der Waals surface area contributed by atoms with Gasteiger partial charge >= 0.3 is 24.5 Å². The van der Waals surface area contributed by atoms with E-state index in [2.05, 4.69) is 15.4 Å². The minimum absolute atomic E-state index is 0.0262. The van der Waals surface area contributed by atoms with E-state index in [0.29, 0.717) is 0 Å². The molecule has 0 atom stereocenters. The number of hydrogen-bond donors (Lipinski definition) is 2. The Kier molecular flexibility index (Phi) is 9.74. The van der Waals surface area contributed by atoms with Crippen molar-refractivity contribution < 1.29 is 46.9 Å². The molecule has 0 spiro atoms. The van der Waals surface area contributed by atoms with Crippen molar-refractivity contribution in [2.24, 2.45) is 5.92 Å². The second-order valence-corrected chi connectivity index (χ2v) is 7.14. The number of halogens is 2. The summed E-state index contributed by atoms with van der Waals surface area (Å²) in [6.07, 6.45) is 0. The molecule has 1 aromatic rings. The number of carbonyl (C=O) groups excluding carboxylic acids is 4. The normalized spacial score (nSPS) is 13.8. The van der Waals surface area contributed by atoms with E-state index in [0.717, 1.165) is 0 Å². The number of nitrogens with one attached hydrogen (secondary N) is 2. The molecule has 12 heteroatoms. The number of amides is 1. The Balaban J connectivity index is 2.18. The summed E-state index contributed by atoms with van der Waals surface area (Å²) >= 11 is 0. The van der Waals surface area contributed by atoms with Crippen LogP contribution in [0.5, 0.6) is 5.75 Å². The molecule has 35 heavy (non-hydrogen) atoms. The molecule has 190 valence electrons. The van der Waals surface area contributed by atoms with Crippen molar-refractivity contribution in [3.8, 4) is 5.75 Å². The second-order valence-electron chi connectivity index (χ2n) is 7.14. The average Bonchev–Trinajstić information content (AvgIpc) is 2.78. The number of anilines is 1. The van der Waals surface area contributed by atoms with Crippen LogP contribution in [-0.2, 0) is 33.4 Å². The lowest BCUT2D eigenvalue weighted by Crippen LogP contribution is -2.39. The van der Waals surface area contributed by atoms with Gasteiger partial charge in [-0.2, -0.15) is 8.78 Å². The Bertz CT molecular complexity index is 994. The summed E-state index contributed by atoms with van der Waals surface area (Å²) in [4.78, 5) is 50.5. The molecule has 0 saturated heterocycles. The Morgan fingerprint density at radius 1 is 0.914 bits per heavy atom. The van der Waals surface area contributed by atoms with Crippen LogP contribution in [0.3, 0.4) is 0 Å². The van der Waals surface area contributed by atoms with Crippen LogP contribution >= 0.6 is 0 Å². The van der Waals surface area contributed by atoms with Crippen molar-refractivity contribution >= 4 is 29.5 Å². The van der Waals surface area contributed by atoms with Crippen LogP contribution in [0, 0.1) is 5.92 Å². The Hall–Kier alpha value is -3.96. The molecule has 1 aromatic carbocycles. The van der Waals surface area contributed by atoms with Crippen LogP contribution in [0.2, 0.25) is 0 Å². The monoisotopic (exact) mass is 496 g/mol. The summed E-state index contributed by atoms with van der Waals surface area (Å²) in [5.74, 6) is -5.02. The van der Waals surface area contributed by atoms with Crippen molar-refractivity contribution in [1.82, 2.24) is 5.32 Å². The van der Waals surface area contributed by atoms with E-state index >= 15 is 0 Å². The zero-order valence-electron chi connectivity index (χ0n) is 19.6. The topological polar surface area (TPSA) is 129 Å². The molecule has 1 heterocycles. The van der Waals surface area contributed by atoms with Gasteiger partial charge in [0.2, 0.25) is 0 Å². The van der Waals surface area contributed by atoms with Gasteiger partial charge in [-0.05, 0) is 52.0 Å². The predicted octanol–water partition coefficient (Wildman–Crippen LogP) is 2.66. The molecule has 0 unspecified atom stereocenters. The van der Waals surface area contributed by atoms with Crippen LogP contribution in [-0.4, -0.2) is 50.2 Å². The fourth-order valence-corrected chi connectivity index (χ4v) is 3.33. The van der Waals surface area contributed by atoms with Gasteiger partial charge in [-0.15, -0.1) is 0 Å². The van der Waals surface area contributed by atoms with Gasteiger partial charge in [0.05, 0.1) is 24.4 Å². The molecule has 0 saturated carbocycles. The predicted molar refractivity (Wildman–Crippen MR) is 118 cm³/mol. The van der Waals surface area contributed by atoms with Crippen molar-refractivity contribution in [3.05, 3.63) is 46.8 Å². The zero-order valence-corrected chi connectivity index (χ0v) is 19.6. The third-order valence-electron chi connectivity index (χ3n) is 4.70. The van der Waals surface area contributed by atoms with E-state index in [4.69, 9.17) is 14.2 Å². The molecule has 2 N–H and O–H groups in total. The summed E-state index contributed by atoms with van der Waals surface area (Å²) in [6, 6.07) is 5.09. The highest BCUT2D eigenvalue weighted by molar-refractivity contribution is 6.06. The van der Waals surface area contributed by atoms with Crippen molar-refractivity contribution in [3.63, 3.8) is 0 Å². The number of alkyl halides is 2. The number of rotatable bonds is 10. The number of esters is 3. The van der Waals surface area contributed by atoms with Gasteiger partial charge in [-0.3, -0.25) is 9.59 Å². The van der Waals surface area contributed by atoms with Crippen LogP contribution in [0.4, 0.5) is 14.5 Å². The van der Waals surface area contributed by atoms with Crippen LogP contribution in [0.15, 0.2) is 46.8 Å². The van der Waals surface area contributed by atoms with Gasteiger partial charge in [0.25, 0.3) is 5.91 Å². The van der Waals surface area contributed by atoms with Crippen LogP contribution in [0.1, 0.15) is 27.7 Å². The maximum Gasteiger partial charge on any atom is 0.387 e. The lowest BCUT2D eigenvalue weighted by atomic mass is 9.85. The fourth-order valence-electron chi connectivity index (χ4n) is 3.33. The van der Waals surface area contributed by atoms with Crippen LogP contribution < -0.4 is 15.4 Å². The first kappa shape index (κ1) is 27.3. The Labute approximate surface area is 200 Å². The fraction of sp³-hybridized carbons (Fsp3) is 0.391. The molecule has 0 aromatic heterocycles. The van der Waals surface area contributed by atoms with Crippen molar-refractivity contribution in [2.75, 3.05) is 25.1 Å². The SMILES string of the molecule is CCOC(=O)C1=C(C)NC(C)=C(C(=O)OCC)C1C(=O)OCC(=O)Nc1ccc(OC(F)F)cc1. The van der Waals surface area contributed by atoms with Gasteiger partial charge in [-0.25, -0.2) is 9.59 Å². The minimum atomic E-state index is -2.99. The minimum Gasteiger partial charge on any atom is -0.463 e. The number of benzene rings is 1. The summed E-state index contributed by atoms with van der Waals surface area (Å²) in [5, 5.41) is 5.30.